The Kier molecular flexibility index (Phi) is 43.8. The molecule has 10 rings (SSSR count). The lowest BCUT2D eigenvalue weighted by Gasteiger charge is -2.42. The highest BCUT2D eigenvalue weighted by Gasteiger charge is 2.65. The number of benzene rings is 5. The van der Waals surface area contributed by atoms with Crippen molar-refractivity contribution in [3.8, 4) is 11.1 Å². The number of para-hydroxylation sites is 1. The van der Waals surface area contributed by atoms with Crippen LogP contribution in [-0.2, 0) is 128 Å². The molecule has 2 fully saturated rings. The lowest BCUT2D eigenvalue weighted by atomic mass is 9.83. The van der Waals surface area contributed by atoms with E-state index in [0.717, 1.165) is 55.6 Å². The summed E-state index contributed by atoms with van der Waals surface area (Å²) in [5, 5.41) is 27.2. The third kappa shape index (κ3) is 33.0. The quantitative estimate of drug-likeness (QED) is 0.00679. The number of methoxy groups -OCH3 is 1. The Morgan fingerprint density at radius 3 is 1.97 bits per heavy atom. The maximum Gasteiger partial charge on any atom is 0.424 e. The number of Topliss-reactive ketones (excluding diaryl/α,β-unsaturated/α-hetero) is 3. The topological polar surface area (TPSA) is 434 Å². The molecule has 4 aliphatic rings. The van der Waals surface area contributed by atoms with E-state index in [1.165, 1.54) is 47.8 Å². The number of fused-ring (bicyclic) bond motifs is 9. The summed E-state index contributed by atoms with van der Waals surface area (Å²) in [6.45, 7) is 17.0. The molecular weight excluding hydrogens is 1850 g/mol. The number of aromatic nitrogens is 1. The molecule has 1 aromatic heterocycles. The van der Waals surface area contributed by atoms with Gasteiger partial charge in [-0.05, 0) is 134 Å². The van der Waals surface area contributed by atoms with Crippen molar-refractivity contribution in [2.75, 3.05) is 153 Å². The number of ketones is 3. The van der Waals surface area contributed by atoms with Gasteiger partial charge in [-0.2, -0.15) is 0 Å². The molecule has 0 radical (unpaired) electrons. The molecule has 3 aliphatic heterocycles. The summed E-state index contributed by atoms with van der Waals surface area (Å²) >= 11 is 6.88. The van der Waals surface area contributed by atoms with Gasteiger partial charge in [-0.25, -0.2) is 34.0 Å². The fourth-order valence-electron chi connectivity index (χ4n) is 17.6. The fourth-order valence-corrected chi connectivity index (χ4v) is 17.8. The van der Waals surface area contributed by atoms with Crippen LogP contribution in [0.3, 0.4) is 0 Å². The summed E-state index contributed by atoms with van der Waals surface area (Å²) in [5.41, 5.74) is 12.7. The number of hydrogen-bond acceptors (Lipinski definition) is 26. The van der Waals surface area contributed by atoms with Crippen LogP contribution >= 0.6 is 11.6 Å². The van der Waals surface area contributed by atoms with Crippen molar-refractivity contribution < 1.29 is 119 Å². The Labute approximate surface area is 836 Å². The monoisotopic (exact) mass is 1990 g/mol. The maximum absolute atomic E-state index is 14.5. The summed E-state index contributed by atoms with van der Waals surface area (Å²) in [6, 6.07) is 34.0. The number of anilines is 1. The second-order valence-electron chi connectivity index (χ2n) is 37.2. The standard InChI is InChI=1S/C105H142ClN11O25/c1-68(2)84(61-78(118)40-45-133-47-49-135-51-53-137-55-54-136-52-50-134-48-46-132-44-23-26-79(119)64-109-93(121)39-43-117-77(60-76-25-14-19-32-87(76)117)65-113(9)116(12)103(129)139-67-85-82-29-17-15-27-80(82)81-28-16-18-30-83(81)85)98(124)110-86(31-21-41-108-100(107)126)89(120)59-73-35-37-74(38-36-73)66-138-102(128)112(8)42-22-34-94(122)114(10)72(6)99(125)141-92-62-95(123)115(11)88-58-75(57-70(4)96(88)106)56-69(3)24-20-33-91(131-13)105(130)63-90(140-101(127)111-105)71(5)97-104(92,7)142-97/h14-20,24-25,27-30,32-33,35-38,57-58,60,68,71-72,84-86,90-92,97,130H,21-23,26,31,34,39-56,59,61-67H2,1-13H3,(H,109,121)(H,110,124)(H,111,127)(H3,107,108,126)/b33-20+,69-24+/t71-,72+,84+,86+,90+,91-,92+,97?,104+,105-/m1/s1. The minimum Gasteiger partial charge on any atom is -0.457 e. The van der Waals surface area contributed by atoms with Gasteiger partial charge in [0.05, 0.1) is 115 Å². The number of hydrogen-bond donors (Lipinski definition) is 6. The van der Waals surface area contributed by atoms with Crippen LogP contribution in [0.4, 0.5) is 24.9 Å². The molecule has 1 aliphatic carbocycles. The van der Waals surface area contributed by atoms with E-state index in [1.54, 1.807) is 69.4 Å². The first-order valence-corrected chi connectivity index (χ1v) is 49.1. The van der Waals surface area contributed by atoms with Crippen LogP contribution < -0.4 is 31.9 Å². The molecule has 4 bridgehead atoms. The third-order valence-corrected chi connectivity index (χ3v) is 26.8. The second kappa shape index (κ2) is 55.3. The van der Waals surface area contributed by atoms with Crippen molar-refractivity contribution in [1.82, 2.24) is 45.7 Å². The zero-order valence-electron chi connectivity index (χ0n) is 84.0. The molecule has 1 unspecified atom stereocenters. The Balaban J connectivity index is 0.545. The average molecular weight is 1990 g/mol. The molecule has 7 N–H and O–H groups in total. The van der Waals surface area contributed by atoms with Gasteiger partial charge in [0.1, 0.15) is 49.0 Å². The van der Waals surface area contributed by atoms with Gasteiger partial charge in [0.15, 0.2) is 17.3 Å². The number of nitrogens with two attached hydrogens (primary N) is 1. The van der Waals surface area contributed by atoms with E-state index in [4.69, 9.17) is 74.2 Å². The Morgan fingerprint density at radius 1 is 0.711 bits per heavy atom. The first kappa shape index (κ1) is 112. The van der Waals surface area contributed by atoms with Gasteiger partial charge in [-0.15, -0.1) is 0 Å². The minimum atomic E-state index is -1.90. The third-order valence-electron chi connectivity index (χ3n) is 26.3. The van der Waals surface area contributed by atoms with Crippen LogP contribution in [-0.4, -0.2) is 296 Å². The normalized spacial score (nSPS) is 19.6. The molecule has 0 spiro atoms. The summed E-state index contributed by atoms with van der Waals surface area (Å²) < 4.78 is 71.3. The van der Waals surface area contributed by atoms with E-state index in [1.807, 2.05) is 101 Å². The molecule has 774 valence electrons. The SMILES string of the molecule is CO[C@@H]1/C=C/C=C(\C)Cc2cc(C)c(Cl)c(c2)N(C)C(=O)C[C@H](OC(=O)[C@H](C)N(C)C(=O)CCCN(C)C(=O)OCc2ccc(CC(=O)[C@H](CCCNC(N)=O)NC(=O)[C@@H](CC(=O)CCOCCOCCOCCOCCOCCOCCCC(=O)CNC(=O)CCn3c(CN(C)N(C)C(=O)OCC4c5ccccc5-c5ccccc54)cc4ccccc43)C(C)C)cc2)[C@]2(C)OC2[C@H](C)[C@@H]2C[C@]1(O)NC(=O)O2. The van der Waals surface area contributed by atoms with Gasteiger partial charge in [-0.3, -0.25) is 38.9 Å². The summed E-state index contributed by atoms with van der Waals surface area (Å²) in [7, 11) is 9.44. The number of esters is 1. The van der Waals surface area contributed by atoms with Crippen molar-refractivity contribution in [2.24, 2.45) is 23.5 Å². The van der Waals surface area contributed by atoms with Crippen molar-refractivity contribution in [3.05, 3.63) is 183 Å². The molecule has 0 saturated carbocycles. The summed E-state index contributed by atoms with van der Waals surface area (Å²) in [5.74, 6) is -4.80. The highest BCUT2D eigenvalue weighted by Crippen LogP contribution is 2.50. The molecule has 10 atom stereocenters. The summed E-state index contributed by atoms with van der Waals surface area (Å²) in [4.78, 5) is 165. The highest BCUT2D eigenvalue weighted by atomic mass is 35.5. The van der Waals surface area contributed by atoms with Gasteiger partial charge in [-0.1, -0.05) is 153 Å². The predicted molar refractivity (Wildman–Crippen MR) is 531 cm³/mol. The number of carbonyl (C=O) groups is 12. The molecule has 4 heterocycles. The second-order valence-corrected chi connectivity index (χ2v) is 37.6. The Hall–Kier alpha value is -11.6. The number of allylic oxidation sites excluding steroid dienone is 3. The number of halogens is 1. The molecule has 9 amide bonds. The van der Waals surface area contributed by atoms with E-state index < -0.39 is 108 Å². The lowest BCUT2D eigenvalue weighted by Crippen LogP contribution is -2.63. The average Bonchev–Trinajstić information content (AvgIpc) is 1.56. The predicted octanol–water partition coefficient (Wildman–Crippen LogP) is 11.4. The number of nitrogens with zero attached hydrogens (tertiary/aromatic N) is 6. The van der Waals surface area contributed by atoms with Crippen LogP contribution in [0, 0.1) is 24.7 Å². The van der Waals surface area contributed by atoms with E-state index in [9.17, 15) is 62.6 Å². The molecule has 142 heavy (non-hydrogen) atoms. The molecule has 6 aromatic rings. The first-order chi connectivity index (χ1) is 68.0. The van der Waals surface area contributed by atoms with Crippen LogP contribution in [0.2, 0.25) is 5.02 Å². The fraction of sp³-hybridized carbons (Fsp3) is 0.543. The van der Waals surface area contributed by atoms with E-state index >= 15 is 0 Å². The van der Waals surface area contributed by atoms with Gasteiger partial charge < -0.3 is 103 Å². The van der Waals surface area contributed by atoms with Gasteiger partial charge >= 0.3 is 30.3 Å². The van der Waals surface area contributed by atoms with E-state index in [0.29, 0.717) is 114 Å². The smallest absolute Gasteiger partial charge is 0.424 e. The Bertz CT molecular complexity index is 5300. The van der Waals surface area contributed by atoms with Crippen molar-refractivity contribution in [2.45, 2.75) is 205 Å². The van der Waals surface area contributed by atoms with Crippen LogP contribution in [0.5, 0.6) is 0 Å². The number of ether oxygens (including phenoxy) is 12. The number of nitrogens with one attached hydrogen (secondary N) is 4. The van der Waals surface area contributed by atoms with Crippen molar-refractivity contribution in [1.29, 1.82) is 0 Å². The number of hydrazine groups is 1. The number of aliphatic hydroxyl groups is 1. The number of amides is 9. The first-order valence-electron chi connectivity index (χ1n) is 48.7. The number of aryl methyl sites for hydroxylation is 2. The number of carbonyl (C=O) groups excluding carboxylic acids is 12. The van der Waals surface area contributed by atoms with Crippen LogP contribution in [0.1, 0.15) is 157 Å². The lowest BCUT2D eigenvalue weighted by molar-refractivity contribution is -0.162. The zero-order chi connectivity index (χ0) is 103. The van der Waals surface area contributed by atoms with Gasteiger partial charge in [0, 0.05) is 142 Å². The van der Waals surface area contributed by atoms with Crippen molar-refractivity contribution in [3.63, 3.8) is 0 Å². The Morgan fingerprint density at radius 2 is 1.33 bits per heavy atom. The number of urea groups is 1. The molecule has 37 heteroatoms. The van der Waals surface area contributed by atoms with Crippen molar-refractivity contribution >= 4 is 99.4 Å². The highest BCUT2D eigenvalue weighted by molar-refractivity contribution is 6.34. The molecule has 2 saturated heterocycles. The largest absolute Gasteiger partial charge is 0.457 e. The van der Waals surface area contributed by atoms with E-state index in [2.05, 4.69) is 56.2 Å². The molecule has 36 nitrogen and oxygen atoms in total. The van der Waals surface area contributed by atoms with Gasteiger partial charge in [0.2, 0.25) is 23.6 Å². The number of epoxide rings is 1. The molecular formula is C105H142ClN11O25. The van der Waals surface area contributed by atoms with Crippen LogP contribution in [0.15, 0.2) is 139 Å². The van der Waals surface area contributed by atoms with E-state index in [-0.39, 0.29) is 152 Å². The number of likely N-dealkylation sites (N-methyl/N-ethyl adjacent to an activating group) is 1. The van der Waals surface area contributed by atoms with Gasteiger partial charge in [0.25, 0.3) is 0 Å². The number of rotatable bonds is 54. The maximum atomic E-state index is 14.5. The minimum absolute atomic E-state index is 0.0504. The molecule has 5 aromatic carbocycles. The summed E-state index contributed by atoms with van der Waals surface area (Å²) in [6.07, 6.45) is 0.585. The van der Waals surface area contributed by atoms with Crippen LogP contribution in [0.25, 0.3) is 22.0 Å². The number of alkyl carbamates (subject to hydrolysis) is 1. The number of primary amides is 1. The zero-order valence-corrected chi connectivity index (χ0v) is 84.7.